The van der Waals surface area contributed by atoms with Crippen LogP contribution in [0.25, 0.3) is 16.9 Å². The molecule has 0 saturated heterocycles. The highest BCUT2D eigenvalue weighted by Gasteiger charge is 2.21. The SMILES string of the molecule is c1ccc2c(c1)Sc1cccc(-n3cnc4cncnc43)c1S2. The Morgan fingerprint density at radius 1 is 0.826 bits per heavy atom. The van der Waals surface area contributed by atoms with E-state index in [4.69, 9.17) is 0 Å². The largest absolute Gasteiger partial charge is 0.282 e. The molecule has 0 unspecified atom stereocenters. The minimum absolute atomic E-state index is 0.805. The van der Waals surface area contributed by atoms with E-state index < -0.39 is 0 Å². The maximum Gasteiger partial charge on any atom is 0.167 e. The average Bonchev–Trinajstić information content (AvgIpc) is 3.03. The van der Waals surface area contributed by atoms with Gasteiger partial charge in [-0.1, -0.05) is 41.7 Å². The topological polar surface area (TPSA) is 43.6 Å². The van der Waals surface area contributed by atoms with E-state index in [0.29, 0.717) is 0 Å². The maximum atomic E-state index is 4.41. The fraction of sp³-hybridized carbons (Fsp3) is 0. The van der Waals surface area contributed by atoms with Crippen LogP contribution in [0.1, 0.15) is 0 Å². The first-order valence-electron chi connectivity index (χ1n) is 7.11. The summed E-state index contributed by atoms with van der Waals surface area (Å²) in [6.07, 6.45) is 5.12. The number of benzene rings is 2. The summed E-state index contributed by atoms with van der Waals surface area (Å²) >= 11 is 3.62. The summed E-state index contributed by atoms with van der Waals surface area (Å²) in [5, 5.41) is 0. The number of fused-ring (bicyclic) bond motifs is 3. The van der Waals surface area contributed by atoms with Gasteiger partial charge < -0.3 is 0 Å². The Morgan fingerprint density at radius 2 is 1.65 bits per heavy atom. The molecule has 0 saturated carbocycles. The molecule has 23 heavy (non-hydrogen) atoms. The molecule has 3 heterocycles. The van der Waals surface area contributed by atoms with Gasteiger partial charge in [0, 0.05) is 14.7 Å². The molecule has 4 nitrogen and oxygen atoms in total. The van der Waals surface area contributed by atoms with E-state index in [1.54, 1.807) is 24.3 Å². The zero-order valence-corrected chi connectivity index (χ0v) is 13.5. The van der Waals surface area contributed by atoms with Crippen molar-refractivity contribution in [1.82, 2.24) is 19.5 Å². The summed E-state index contributed by atoms with van der Waals surface area (Å²) in [6, 6.07) is 14.9. The molecule has 0 radical (unpaired) electrons. The number of rotatable bonds is 1. The molecule has 0 spiro atoms. The van der Waals surface area contributed by atoms with E-state index in [1.165, 1.54) is 19.6 Å². The third kappa shape index (κ3) is 2.06. The number of aromatic nitrogens is 4. The van der Waals surface area contributed by atoms with Crippen molar-refractivity contribution in [3.63, 3.8) is 0 Å². The minimum atomic E-state index is 0.805. The van der Waals surface area contributed by atoms with Crippen molar-refractivity contribution >= 4 is 34.7 Å². The Kier molecular flexibility index (Phi) is 2.92. The zero-order valence-electron chi connectivity index (χ0n) is 11.9. The van der Waals surface area contributed by atoms with Crippen LogP contribution in [0.3, 0.4) is 0 Å². The van der Waals surface area contributed by atoms with E-state index in [2.05, 4.69) is 57.4 Å². The third-order valence-electron chi connectivity index (χ3n) is 3.71. The Hall–Kier alpha value is -2.31. The molecule has 1 aliphatic heterocycles. The smallest absolute Gasteiger partial charge is 0.167 e. The van der Waals surface area contributed by atoms with Crippen molar-refractivity contribution in [2.24, 2.45) is 0 Å². The predicted octanol–water partition coefficient (Wildman–Crippen LogP) is 4.43. The maximum absolute atomic E-state index is 4.41. The molecule has 5 rings (SSSR count). The molecule has 110 valence electrons. The highest BCUT2D eigenvalue weighted by atomic mass is 32.2. The second-order valence-corrected chi connectivity index (χ2v) is 7.24. The van der Waals surface area contributed by atoms with Gasteiger partial charge in [-0.25, -0.2) is 15.0 Å². The Bertz CT molecular complexity index is 1040. The van der Waals surface area contributed by atoms with Crippen LogP contribution in [0.4, 0.5) is 0 Å². The van der Waals surface area contributed by atoms with Crippen LogP contribution < -0.4 is 0 Å². The van der Waals surface area contributed by atoms with E-state index in [9.17, 15) is 0 Å². The normalized spacial score (nSPS) is 12.9. The molecular formula is C17H10N4S2. The standard InChI is InChI=1S/C17H10N4S2/c1-2-6-14-13(5-1)22-15-7-3-4-12(16(15)23-14)21-10-20-11-8-18-9-19-17(11)21/h1-10H. The monoisotopic (exact) mass is 334 g/mol. The lowest BCUT2D eigenvalue weighted by Crippen LogP contribution is -1.99. The van der Waals surface area contributed by atoms with Gasteiger partial charge in [0.25, 0.3) is 0 Å². The molecule has 1 aliphatic rings. The molecule has 0 N–H and O–H groups in total. The van der Waals surface area contributed by atoms with Gasteiger partial charge in [-0.15, -0.1) is 0 Å². The summed E-state index contributed by atoms with van der Waals surface area (Å²) in [5.41, 5.74) is 2.74. The molecule has 6 heteroatoms. The Labute approximate surface area is 141 Å². The molecule has 2 aromatic carbocycles. The molecule has 0 amide bonds. The van der Waals surface area contributed by atoms with Gasteiger partial charge in [-0.2, -0.15) is 0 Å². The van der Waals surface area contributed by atoms with Gasteiger partial charge >= 0.3 is 0 Å². The number of hydrogen-bond acceptors (Lipinski definition) is 5. The van der Waals surface area contributed by atoms with Gasteiger partial charge in [0.15, 0.2) is 5.65 Å². The molecule has 4 aromatic rings. The third-order valence-corrected chi connectivity index (χ3v) is 6.32. The quantitative estimate of drug-likeness (QED) is 0.454. The summed E-state index contributed by atoms with van der Waals surface area (Å²) in [5.74, 6) is 0. The predicted molar refractivity (Wildman–Crippen MR) is 91.3 cm³/mol. The van der Waals surface area contributed by atoms with Crippen molar-refractivity contribution in [3.8, 4) is 5.69 Å². The molecule has 0 aliphatic carbocycles. The van der Waals surface area contributed by atoms with Crippen molar-refractivity contribution < 1.29 is 0 Å². The lowest BCUT2D eigenvalue weighted by atomic mass is 10.3. The van der Waals surface area contributed by atoms with Crippen LogP contribution in [-0.4, -0.2) is 19.5 Å². The fourth-order valence-corrected chi connectivity index (χ4v) is 5.04. The second-order valence-electron chi connectivity index (χ2n) is 5.10. The molecule has 2 aromatic heterocycles. The number of hydrogen-bond donors (Lipinski definition) is 0. The number of imidazole rings is 1. The molecule has 0 atom stereocenters. The summed E-state index contributed by atoms with van der Waals surface area (Å²) in [4.78, 5) is 17.9. The number of nitrogens with zero attached hydrogens (tertiary/aromatic N) is 4. The average molecular weight is 334 g/mol. The van der Waals surface area contributed by atoms with Crippen molar-refractivity contribution in [1.29, 1.82) is 0 Å². The van der Waals surface area contributed by atoms with Gasteiger partial charge in [-0.05, 0) is 24.3 Å². The molecular weight excluding hydrogens is 324 g/mol. The molecule has 0 bridgehead atoms. The van der Waals surface area contributed by atoms with E-state index in [0.717, 1.165) is 16.9 Å². The van der Waals surface area contributed by atoms with E-state index in [1.807, 2.05) is 22.7 Å². The van der Waals surface area contributed by atoms with E-state index >= 15 is 0 Å². The Morgan fingerprint density at radius 3 is 2.57 bits per heavy atom. The van der Waals surface area contributed by atoms with Crippen molar-refractivity contribution in [3.05, 3.63) is 61.3 Å². The van der Waals surface area contributed by atoms with Crippen LogP contribution in [-0.2, 0) is 0 Å². The minimum Gasteiger partial charge on any atom is -0.282 e. The first-order chi connectivity index (χ1) is 11.4. The zero-order chi connectivity index (χ0) is 15.2. The Balaban J connectivity index is 1.72. The van der Waals surface area contributed by atoms with Crippen LogP contribution in [0.15, 0.2) is 80.9 Å². The van der Waals surface area contributed by atoms with Crippen LogP contribution >= 0.6 is 23.5 Å². The summed E-state index contributed by atoms with van der Waals surface area (Å²) in [7, 11) is 0. The summed E-state index contributed by atoms with van der Waals surface area (Å²) in [6.45, 7) is 0. The van der Waals surface area contributed by atoms with Gasteiger partial charge in [0.1, 0.15) is 18.2 Å². The van der Waals surface area contributed by atoms with Crippen molar-refractivity contribution in [2.45, 2.75) is 19.6 Å². The first-order valence-corrected chi connectivity index (χ1v) is 8.74. The molecule has 0 fully saturated rings. The van der Waals surface area contributed by atoms with Gasteiger partial charge in [0.05, 0.1) is 16.8 Å². The van der Waals surface area contributed by atoms with Crippen LogP contribution in [0.5, 0.6) is 0 Å². The fourth-order valence-electron chi connectivity index (χ4n) is 2.67. The van der Waals surface area contributed by atoms with Gasteiger partial charge in [0.2, 0.25) is 0 Å². The van der Waals surface area contributed by atoms with Crippen LogP contribution in [0, 0.1) is 0 Å². The highest BCUT2D eigenvalue weighted by Crippen LogP contribution is 2.50. The van der Waals surface area contributed by atoms with Gasteiger partial charge in [-0.3, -0.25) is 4.57 Å². The lowest BCUT2D eigenvalue weighted by Gasteiger charge is -2.21. The highest BCUT2D eigenvalue weighted by molar-refractivity contribution is 8.05. The first kappa shape index (κ1) is 13.2. The second kappa shape index (κ2) is 5.11. The van der Waals surface area contributed by atoms with E-state index in [-0.39, 0.29) is 0 Å². The van der Waals surface area contributed by atoms with Crippen molar-refractivity contribution in [2.75, 3.05) is 0 Å². The lowest BCUT2D eigenvalue weighted by molar-refractivity contribution is 0.997. The van der Waals surface area contributed by atoms with Crippen LogP contribution in [0.2, 0.25) is 0 Å². The summed E-state index contributed by atoms with van der Waals surface area (Å²) < 4.78 is 2.04.